The first-order valence-corrected chi connectivity index (χ1v) is 9.80. The SMILES string of the molecule is CCN(CC(=O)O)C1CC(NC(=O)NC2CC(C)N(c3ccccc3)C2=O)C1. The number of para-hydroxylation sites is 1. The number of anilines is 1. The Kier molecular flexibility index (Phi) is 6.18. The van der Waals surface area contributed by atoms with Crippen molar-refractivity contribution in [1.82, 2.24) is 15.5 Å². The smallest absolute Gasteiger partial charge is 0.317 e. The number of rotatable bonds is 7. The lowest BCUT2D eigenvalue weighted by Crippen LogP contribution is -2.57. The van der Waals surface area contributed by atoms with Gasteiger partial charge in [0.2, 0.25) is 5.91 Å². The molecule has 3 amide bonds. The zero-order valence-electron chi connectivity index (χ0n) is 16.3. The van der Waals surface area contributed by atoms with E-state index in [0.717, 1.165) is 18.5 Å². The lowest BCUT2D eigenvalue weighted by molar-refractivity contribution is -0.139. The van der Waals surface area contributed by atoms with Crippen molar-refractivity contribution in [2.24, 2.45) is 0 Å². The molecule has 8 heteroatoms. The van der Waals surface area contributed by atoms with E-state index in [1.165, 1.54) is 0 Å². The zero-order chi connectivity index (χ0) is 20.3. The molecule has 3 N–H and O–H groups in total. The van der Waals surface area contributed by atoms with E-state index in [1.54, 1.807) is 4.90 Å². The van der Waals surface area contributed by atoms with E-state index in [9.17, 15) is 14.4 Å². The number of nitrogens with zero attached hydrogens (tertiary/aromatic N) is 2. The van der Waals surface area contributed by atoms with Gasteiger partial charge in [-0.3, -0.25) is 14.5 Å². The van der Waals surface area contributed by atoms with Crippen molar-refractivity contribution in [3.8, 4) is 0 Å². The second-order valence-corrected chi connectivity index (χ2v) is 7.58. The van der Waals surface area contributed by atoms with Crippen molar-refractivity contribution in [2.75, 3.05) is 18.0 Å². The van der Waals surface area contributed by atoms with E-state index < -0.39 is 12.0 Å². The summed E-state index contributed by atoms with van der Waals surface area (Å²) < 4.78 is 0. The first-order chi connectivity index (χ1) is 13.4. The van der Waals surface area contributed by atoms with Gasteiger partial charge < -0.3 is 20.6 Å². The minimum atomic E-state index is -0.840. The van der Waals surface area contributed by atoms with Crippen LogP contribution in [0.4, 0.5) is 10.5 Å². The minimum absolute atomic E-state index is 0.00648. The maximum absolute atomic E-state index is 12.7. The predicted molar refractivity (Wildman–Crippen MR) is 105 cm³/mol. The van der Waals surface area contributed by atoms with Crippen LogP contribution in [0.15, 0.2) is 30.3 Å². The third-order valence-electron chi connectivity index (χ3n) is 5.60. The van der Waals surface area contributed by atoms with Crippen molar-refractivity contribution in [1.29, 1.82) is 0 Å². The highest BCUT2D eigenvalue weighted by molar-refractivity contribution is 6.01. The van der Waals surface area contributed by atoms with E-state index in [2.05, 4.69) is 10.6 Å². The Morgan fingerprint density at radius 2 is 1.86 bits per heavy atom. The number of likely N-dealkylation sites (N-methyl/N-ethyl adjacent to an activating group) is 1. The molecule has 0 bridgehead atoms. The van der Waals surface area contributed by atoms with Gasteiger partial charge in [-0.05, 0) is 44.9 Å². The molecule has 2 aliphatic rings. The second kappa shape index (κ2) is 8.60. The summed E-state index contributed by atoms with van der Waals surface area (Å²) in [5.41, 5.74) is 0.838. The topological polar surface area (TPSA) is 102 Å². The molecular formula is C20H28N4O4. The van der Waals surface area contributed by atoms with E-state index >= 15 is 0 Å². The quantitative estimate of drug-likeness (QED) is 0.656. The monoisotopic (exact) mass is 388 g/mol. The Hall–Kier alpha value is -2.61. The van der Waals surface area contributed by atoms with Crippen LogP contribution in [0.1, 0.15) is 33.1 Å². The van der Waals surface area contributed by atoms with E-state index in [1.807, 2.05) is 49.1 Å². The molecule has 1 saturated heterocycles. The van der Waals surface area contributed by atoms with Gasteiger partial charge in [0, 0.05) is 23.8 Å². The van der Waals surface area contributed by atoms with Crippen LogP contribution in [0.5, 0.6) is 0 Å². The fraction of sp³-hybridized carbons (Fsp3) is 0.550. The van der Waals surface area contributed by atoms with Gasteiger partial charge in [0.1, 0.15) is 6.04 Å². The number of amides is 3. The number of carboxylic acid groups (broad SMARTS) is 1. The highest BCUT2D eigenvalue weighted by Crippen LogP contribution is 2.27. The Morgan fingerprint density at radius 3 is 2.46 bits per heavy atom. The third kappa shape index (κ3) is 4.44. The molecular weight excluding hydrogens is 360 g/mol. The first-order valence-electron chi connectivity index (χ1n) is 9.80. The van der Waals surface area contributed by atoms with Gasteiger partial charge in [-0.2, -0.15) is 0 Å². The summed E-state index contributed by atoms with van der Waals surface area (Å²) in [4.78, 5) is 39.6. The fourth-order valence-corrected chi connectivity index (χ4v) is 4.09. The molecule has 0 spiro atoms. The number of hydrogen-bond donors (Lipinski definition) is 3. The maximum Gasteiger partial charge on any atom is 0.317 e. The molecule has 3 rings (SSSR count). The summed E-state index contributed by atoms with van der Waals surface area (Å²) in [6.07, 6.45) is 2.01. The van der Waals surface area contributed by atoms with E-state index in [4.69, 9.17) is 5.11 Å². The third-order valence-corrected chi connectivity index (χ3v) is 5.60. The maximum atomic E-state index is 12.7. The normalized spacial score (nSPS) is 26.8. The van der Waals surface area contributed by atoms with Gasteiger partial charge in [0.25, 0.3) is 0 Å². The summed E-state index contributed by atoms with van der Waals surface area (Å²) in [6, 6.07) is 8.78. The number of hydrogen-bond acceptors (Lipinski definition) is 4. The standard InChI is InChI=1S/C20H28N4O4/c1-3-23(12-18(25)26)16-10-14(11-16)21-20(28)22-17-9-13(2)24(19(17)27)15-7-5-4-6-8-15/h4-8,13-14,16-17H,3,9-12H2,1-2H3,(H,25,26)(H2,21,22,28). The number of carbonyl (C=O) groups is 3. The molecule has 0 aromatic heterocycles. The Labute approximate surface area is 164 Å². The average molecular weight is 388 g/mol. The number of aliphatic carboxylic acids is 1. The van der Waals surface area contributed by atoms with Crippen molar-refractivity contribution < 1.29 is 19.5 Å². The largest absolute Gasteiger partial charge is 0.480 e. The van der Waals surface area contributed by atoms with Gasteiger partial charge in [0.05, 0.1) is 6.54 Å². The van der Waals surface area contributed by atoms with Crippen molar-refractivity contribution in [3.05, 3.63) is 30.3 Å². The van der Waals surface area contributed by atoms with Crippen LogP contribution in [0.3, 0.4) is 0 Å². The van der Waals surface area contributed by atoms with Gasteiger partial charge in [0.15, 0.2) is 0 Å². The average Bonchev–Trinajstić information content (AvgIpc) is 2.90. The Bertz CT molecular complexity index is 720. The van der Waals surface area contributed by atoms with Crippen LogP contribution in [0, 0.1) is 0 Å². The van der Waals surface area contributed by atoms with Crippen molar-refractivity contribution in [2.45, 2.75) is 57.3 Å². The number of nitrogens with one attached hydrogen (secondary N) is 2. The van der Waals surface area contributed by atoms with Gasteiger partial charge in [-0.15, -0.1) is 0 Å². The molecule has 1 saturated carbocycles. The van der Waals surface area contributed by atoms with Crippen molar-refractivity contribution in [3.63, 3.8) is 0 Å². The number of benzene rings is 1. The molecule has 1 aliphatic heterocycles. The minimum Gasteiger partial charge on any atom is -0.480 e. The second-order valence-electron chi connectivity index (χ2n) is 7.58. The van der Waals surface area contributed by atoms with E-state index in [-0.39, 0.29) is 36.6 Å². The summed E-state index contributed by atoms with van der Waals surface area (Å²) in [5, 5.41) is 14.6. The van der Waals surface area contributed by atoms with Crippen LogP contribution in [0.25, 0.3) is 0 Å². The van der Waals surface area contributed by atoms with E-state index in [0.29, 0.717) is 13.0 Å². The van der Waals surface area contributed by atoms with Crippen LogP contribution >= 0.6 is 0 Å². The summed E-state index contributed by atoms with van der Waals surface area (Å²) in [7, 11) is 0. The molecule has 0 radical (unpaired) electrons. The molecule has 8 nitrogen and oxygen atoms in total. The summed E-state index contributed by atoms with van der Waals surface area (Å²) in [5.74, 6) is -0.938. The van der Waals surface area contributed by atoms with Gasteiger partial charge >= 0.3 is 12.0 Å². The Balaban J connectivity index is 1.47. The molecule has 2 unspecified atom stereocenters. The van der Waals surface area contributed by atoms with Crippen molar-refractivity contribution >= 4 is 23.6 Å². The molecule has 1 aromatic carbocycles. The fourth-order valence-electron chi connectivity index (χ4n) is 4.09. The molecule has 1 aliphatic carbocycles. The predicted octanol–water partition coefficient (Wildman–Crippen LogP) is 1.42. The lowest BCUT2D eigenvalue weighted by atomic mass is 9.85. The highest BCUT2D eigenvalue weighted by Gasteiger charge is 2.40. The van der Waals surface area contributed by atoms with Gasteiger partial charge in [-0.25, -0.2) is 4.79 Å². The summed E-state index contributed by atoms with van der Waals surface area (Å²) in [6.45, 7) is 4.59. The Morgan fingerprint density at radius 1 is 1.18 bits per heavy atom. The number of carboxylic acids is 1. The van der Waals surface area contributed by atoms with Crippen LogP contribution in [-0.4, -0.2) is 65.2 Å². The zero-order valence-corrected chi connectivity index (χ0v) is 16.3. The number of carbonyl (C=O) groups excluding carboxylic acids is 2. The molecule has 152 valence electrons. The van der Waals surface area contributed by atoms with Gasteiger partial charge in [-0.1, -0.05) is 25.1 Å². The number of urea groups is 1. The van der Waals surface area contributed by atoms with Crippen LogP contribution in [-0.2, 0) is 9.59 Å². The highest BCUT2D eigenvalue weighted by atomic mass is 16.4. The molecule has 1 heterocycles. The first kappa shape index (κ1) is 20.1. The molecule has 2 atom stereocenters. The van der Waals surface area contributed by atoms with Crippen LogP contribution in [0.2, 0.25) is 0 Å². The molecule has 2 fully saturated rings. The molecule has 28 heavy (non-hydrogen) atoms. The molecule has 1 aromatic rings. The summed E-state index contributed by atoms with van der Waals surface area (Å²) >= 11 is 0. The van der Waals surface area contributed by atoms with Crippen LogP contribution < -0.4 is 15.5 Å². The lowest BCUT2D eigenvalue weighted by Gasteiger charge is -2.42.